The number of carbonyl (C=O) groups is 3. The van der Waals surface area contributed by atoms with Gasteiger partial charge in [-0.25, -0.2) is 4.79 Å². The van der Waals surface area contributed by atoms with Crippen molar-refractivity contribution in [1.82, 2.24) is 10.2 Å². The first-order valence-electron chi connectivity index (χ1n) is 8.93. The predicted octanol–water partition coefficient (Wildman–Crippen LogP) is 3.02. The van der Waals surface area contributed by atoms with E-state index in [1.807, 2.05) is 6.07 Å². The number of barbiturate groups is 1. The molecule has 1 saturated heterocycles. The van der Waals surface area contributed by atoms with Gasteiger partial charge in [0, 0.05) is 0 Å². The fourth-order valence-electron chi connectivity index (χ4n) is 3.25. The van der Waals surface area contributed by atoms with Gasteiger partial charge in [0.05, 0.1) is 17.0 Å². The van der Waals surface area contributed by atoms with Gasteiger partial charge in [0.25, 0.3) is 11.8 Å². The van der Waals surface area contributed by atoms with Crippen LogP contribution in [0.2, 0.25) is 0 Å². The predicted molar refractivity (Wildman–Crippen MR) is 106 cm³/mol. The number of rotatable bonds is 3. The molecule has 144 valence electrons. The Bertz CT molecular complexity index is 1230. The molecule has 7 nitrogen and oxygen atoms in total. The Morgan fingerprint density at radius 1 is 0.966 bits per heavy atom. The Balaban J connectivity index is 1.76. The highest BCUT2D eigenvalue weighted by molar-refractivity contribution is 6.31. The average molecular weight is 388 g/mol. The fraction of sp³-hybridized carbons (Fsp3) is 0.0909. The molecular weight excluding hydrogens is 372 g/mol. The fourth-order valence-corrected chi connectivity index (χ4v) is 3.25. The Kier molecular flexibility index (Phi) is 4.56. The van der Waals surface area contributed by atoms with Crippen LogP contribution in [0, 0.1) is 0 Å². The van der Waals surface area contributed by atoms with Crippen LogP contribution in [-0.2, 0) is 9.59 Å². The summed E-state index contributed by atoms with van der Waals surface area (Å²) in [6, 6.07) is 14.2. The van der Waals surface area contributed by atoms with Crippen molar-refractivity contribution in [2.45, 2.75) is 13.0 Å². The van der Waals surface area contributed by atoms with Crippen LogP contribution in [0.4, 0.5) is 4.79 Å². The summed E-state index contributed by atoms with van der Waals surface area (Å²) < 4.78 is 5.43. The van der Waals surface area contributed by atoms with Crippen LogP contribution in [0.1, 0.15) is 24.1 Å². The van der Waals surface area contributed by atoms with Crippen LogP contribution in [0.25, 0.3) is 17.0 Å². The van der Waals surface area contributed by atoms with Crippen LogP contribution >= 0.6 is 0 Å². The summed E-state index contributed by atoms with van der Waals surface area (Å²) in [5.41, 5.74) is 0.488. The number of amides is 4. The first kappa shape index (κ1) is 18.4. The molecule has 0 radical (unpaired) electrons. The Morgan fingerprint density at radius 2 is 1.66 bits per heavy atom. The Morgan fingerprint density at radius 3 is 2.41 bits per heavy atom. The molecule has 1 N–H and O–H groups in total. The summed E-state index contributed by atoms with van der Waals surface area (Å²) in [6.07, 6.45) is 2.35. The molecule has 0 spiro atoms. The van der Waals surface area contributed by atoms with E-state index in [1.54, 1.807) is 55.5 Å². The first-order chi connectivity index (χ1) is 14.0. The van der Waals surface area contributed by atoms with Crippen molar-refractivity contribution in [2.24, 2.45) is 0 Å². The molecule has 1 unspecified atom stereocenters. The van der Waals surface area contributed by atoms with E-state index in [0.29, 0.717) is 11.0 Å². The van der Waals surface area contributed by atoms with E-state index in [-0.39, 0.29) is 16.6 Å². The van der Waals surface area contributed by atoms with E-state index >= 15 is 0 Å². The number of nitrogens with one attached hydrogen (secondary N) is 1. The lowest BCUT2D eigenvalue weighted by molar-refractivity contribution is -0.131. The molecule has 1 fully saturated rings. The van der Waals surface area contributed by atoms with E-state index in [0.717, 1.165) is 16.5 Å². The minimum absolute atomic E-state index is 0.0452. The van der Waals surface area contributed by atoms with Gasteiger partial charge in [-0.1, -0.05) is 42.5 Å². The number of hydrogen-bond acceptors (Lipinski definition) is 5. The molecule has 1 aliphatic rings. The third-order valence-corrected chi connectivity index (χ3v) is 4.81. The lowest BCUT2D eigenvalue weighted by Gasteiger charge is -2.31. The summed E-state index contributed by atoms with van der Waals surface area (Å²) in [5.74, 6) is -1.63. The third-order valence-electron chi connectivity index (χ3n) is 4.81. The van der Waals surface area contributed by atoms with Gasteiger partial charge >= 0.3 is 6.03 Å². The molecular formula is C22H16N2O5. The zero-order valence-corrected chi connectivity index (χ0v) is 15.4. The largest absolute Gasteiger partial charge is 0.463 e. The lowest BCUT2D eigenvalue weighted by Crippen LogP contribution is -2.54. The number of benzene rings is 2. The molecule has 0 saturated carbocycles. The monoisotopic (exact) mass is 388 g/mol. The van der Waals surface area contributed by atoms with E-state index in [9.17, 15) is 19.2 Å². The highest BCUT2D eigenvalue weighted by Gasteiger charge is 2.39. The number of nitrogens with zero attached hydrogens (tertiary/aromatic N) is 1. The average Bonchev–Trinajstić information content (AvgIpc) is 2.73. The van der Waals surface area contributed by atoms with Gasteiger partial charge in [-0.15, -0.1) is 0 Å². The van der Waals surface area contributed by atoms with Crippen molar-refractivity contribution in [3.8, 4) is 0 Å². The standard InChI is InChI=1S/C22H16N2O5/c1-13(14-7-3-2-4-8-14)24-21(27)17(20(26)23-22(24)28)11-15-12-29-18-10-6-5-9-16(18)19(15)25/h2-13H,1H3,(H,23,26,28)/b17-11-. The highest BCUT2D eigenvalue weighted by atomic mass is 16.3. The van der Waals surface area contributed by atoms with Crippen molar-refractivity contribution < 1.29 is 18.8 Å². The normalized spacial score (nSPS) is 16.9. The van der Waals surface area contributed by atoms with Crippen LogP contribution in [0.3, 0.4) is 0 Å². The van der Waals surface area contributed by atoms with Crippen molar-refractivity contribution in [3.63, 3.8) is 0 Å². The summed E-state index contributed by atoms with van der Waals surface area (Å²) in [4.78, 5) is 51.3. The topological polar surface area (TPSA) is 96.7 Å². The van der Waals surface area contributed by atoms with Gasteiger partial charge in [-0.2, -0.15) is 0 Å². The summed E-state index contributed by atoms with van der Waals surface area (Å²) in [5, 5.41) is 2.49. The number of para-hydroxylation sites is 1. The molecule has 29 heavy (non-hydrogen) atoms. The van der Waals surface area contributed by atoms with Crippen molar-refractivity contribution >= 4 is 34.9 Å². The van der Waals surface area contributed by atoms with E-state index in [2.05, 4.69) is 5.32 Å². The zero-order valence-electron chi connectivity index (χ0n) is 15.4. The molecule has 2 aromatic carbocycles. The molecule has 1 atom stereocenters. The Labute approximate surface area is 165 Å². The first-order valence-corrected chi connectivity index (χ1v) is 8.93. The van der Waals surface area contributed by atoms with Crippen LogP contribution in [0.5, 0.6) is 0 Å². The number of fused-ring (bicyclic) bond motifs is 1. The van der Waals surface area contributed by atoms with Gasteiger partial charge in [-0.3, -0.25) is 24.6 Å². The zero-order chi connectivity index (χ0) is 20.5. The molecule has 1 aromatic heterocycles. The molecule has 0 aliphatic carbocycles. The number of urea groups is 1. The van der Waals surface area contributed by atoms with Gasteiger partial charge in [0.15, 0.2) is 5.43 Å². The van der Waals surface area contributed by atoms with Crippen molar-refractivity contribution in [1.29, 1.82) is 0 Å². The summed E-state index contributed by atoms with van der Waals surface area (Å²) in [6.45, 7) is 1.69. The van der Waals surface area contributed by atoms with Crippen LogP contribution in [0.15, 0.2) is 75.6 Å². The van der Waals surface area contributed by atoms with Crippen molar-refractivity contribution in [3.05, 3.63) is 87.8 Å². The SMILES string of the molecule is CC(c1ccccc1)N1C(=O)NC(=O)/C(=C/c2coc3ccccc3c2=O)C1=O. The minimum Gasteiger partial charge on any atom is -0.463 e. The number of imide groups is 2. The molecule has 1 aliphatic heterocycles. The third kappa shape index (κ3) is 3.23. The molecule has 2 heterocycles. The molecule has 4 rings (SSSR count). The lowest BCUT2D eigenvalue weighted by atomic mass is 10.0. The number of hydrogen-bond donors (Lipinski definition) is 1. The quantitative estimate of drug-likeness (QED) is 0.550. The number of carbonyl (C=O) groups excluding carboxylic acids is 3. The maximum absolute atomic E-state index is 13.0. The smallest absolute Gasteiger partial charge is 0.331 e. The summed E-state index contributed by atoms with van der Waals surface area (Å²) >= 11 is 0. The minimum atomic E-state index is -0.857. The second kappa shape index (κ2) is 7.20. The Hall–Kier alpha value is -4.00. The molecule has 3 aromatic rings. The maximum atomic E-state index is 13.0. The highest BCUT2D eigenvalue weighted by Crippen LogP contribution is 2.25. The maximum Gasteiger partial charge on any atom is 0.331 e. The van der Waals surface area contributed by atoms with Gasteiger partial charge in [0.2, 0.25) is 0 Å². The summed E-state index contributed by atoms with van der Waals surface area (Å²) in [7, 11) is 0. The van der Waals surface area contributed by atoms with Gasteiger partial charge < -0.3 is 4.42 Å². The van der Waals surface area contributed by atoms with Crippen LogP contribution < -0.4 is 10.7 Å². The molecule has 4 amide bonds. The van der Waals surface area contributed by atoms with Gasteiger partial charge in [0.1, 0.15) is 17.4 Å². The van der Waals surface area contributed by atoms with E-state index < -0.39 is 23.9 Å². The second-order valence-corrected chi connectivity index (χ2v) is 6.60. The van der Waals surface area contributed by atoms with E-state index in [4.69, 9.17) is 4.42 Å². The van der Waals surface area contributed by atoms with Crippen LogP contribution in [-0.4, -0.2) is 22.7 Å². The van der Waals surface area contributed by atoms with Crippen molar-refractivity contribution in [2.75, 3.05) is 0 Å². The van der Waals surface area contributed by atoms with Gasteiger partial charge in [-0.05, 0) is 30.7 Å². The van der Waals surface area contributed by atoms with E-state index in [1.165, 1.54) is 6.26 Å². The second-order valence-electron chi connectivity index (χ2n) is 6.60. The molecule has 0 bridgehead atoms. The molecule has 7 heteroatoms.